The van der Waals surface area contributed by atoms with E-state index in [2.05, 4.69) is 64.1 Å². The fourth-order valence-electron chi connectivity index (χ4n) is 5.81. The first-order valence-corrected chi connectivity index (χ1v) is 15.4. The van der Waals surface area contributed by atoms with E-state index >= 15 is 0 Å². The first-order valence-electron chi connectivity index (χ1n) is 15.4. The number of phenolic OH excluding ortho intramolecular Hbond substituents is 1. The van der Waals surface area contributed by atoms with Crippen LogP contribution in [0.4, 0.5) is 11.4 Å². The van der Waals surface area contributed by atoms with Gasteiger partial charge in [-0.2, -0.15) is 0 Å². The van der Waals surface area contributed by atoms with Gasteiger partial charge in [0, 0.05) is 16.8 Å². The molecular formula is C38H42CoN3O4-. The second kappa shape index (κ2) is 16.3. The van der Waals surface area contributed by atoms with Crippen molar-refractivity contribution >= 4 is 28.8 Å². The van der Waals surface area contributed by atoms with Crippen molar-refractivity contribution in [2.24, 2.45) is 9.98 Å². The van der Waals surface area contributed by atoms with Crippen molar-refractivity contribution in [1.82, 2.24) is 4.98 Å². The van der Waals surface area contributed by atoms with Gasteiger partial charge >= 0.3 is 5.97 Å². The number of nitrogens with zero attached hydrogens (tertiary/aromatic N) is 3. The van der Waals surface area contributed by atoms with Gasteiger partial charge in [-0.1, -0.05) is 73.5 Å². The third-order valence-electron chi connectivity index (χ3n) is 8.36. The third kappa shape index (κ3) is 8.71. The number of benzene rings is 3. The smallest absolute Gasteiger partial charge is 0.335 e. The van der Waals surface area contributed by atoms with E-state index in [9.17, 15) is 15.0 Å². The normalized spacial score (nSPS) is 13.8. The molecule has 1 aliphatic rings. The van der Waals surface area contributed by atoms with Crippen LogP contribution in [0.5, 0.6) is 11.5 Å². The number of aromatic carboxylic acids is 1. The molecule has 1 saturated carbocycles. The number of aromatic nitrogens is 1. The number of carboxylic acid groups (broad SMARTS) is 1. The first-order chi connectivity index (χ1) is 21.5. The largest absolute Gasteiger partial charge is 0.869 e. The molecular weight excluding hydrogens is 621 g/mol. The summed E-state index contributed by atoms with van der Waals surface area (Å²) in [5, 5.41) is 30.0. The van der Waals surface area contributed by atoms with E-state index in [1.807, 2.05) is 32.0 Å². The molecule has 4 aromatic rings. The molecule has 3 aromatic carbocycles. The molecule has 1 aliphatic carbocycles. The monoisotopic (exact) mass is 663 g/mol. The predicted octanol–water partition coefficient (Wildman–Crippen LogP) is 8.81. The molecule has 2 N–H and O–H groups in total. The molecule has 243 valence electrons. The zero-order chi connectivity index (χ0) is 32.7. The Labute approximate surface area is 282 Å². The van der Waals surface area contributed by atoms with Crippen molar-refractivity contribution in [2.75, 3.05) is 0 Å². The second-order valence-corrected chi connectivity index (χ2v) is 11.8. The van der Waals surface area contributed by atoms with Crippen LogP contribution in [0.25, 0.3) is 0 Å². The topological polar surface area (TPSA) is 118 Å². The summed E-state index contributed by atoms with van der Waals surface area (Å²) in [6, 6.07) is 21.4. The van der Waals surface area contributed by atoms with Crippen molar-refractivity contribution in [3.8, 4) is 11.5 Å². The van der Waals surface area contributed by atoms with Crippen LogP contribution >= 0.6 is 0 Å². The van der Waals surface area contributed by atoms with Crippen LogP contribution in [-0.2, 0) is 16.8 Å². The van der Waals surface area contributed by atoms with Crippen LogP contribution in [0.3, 0.4) is 0 Å². The Morgan fingerprint density at radius 2 is 1.17 bits per heavy atom. The maximum absolute atomic E-state index is 11.6. The van der Waals surface area contributed by atoms with Gasteiger partial charge in [-0.25, -0.2) is 9.78 Å². The van der Waals surface area contributed by atoms with Crippen molar-refractivity contribution in [3.05, 3.63) is 111 Å². The quantitative estimate of drug-likeness (QED) is 0.200. The molecule has 1 fully saturated rings. The Hall–Kier alpha value is -4.27. The summed E-state index contributed by atoms with van der Waals surface area (Å²) in [4.78, 5) is 25.7. The Balaban J connectivity index is 0.000000274. The number of aryl methyl sites for hydroxylation is 4. The number of hydrogen-bond acceptors (Lipinski definition) is 6. The van der Waals surface area contributed by atoms with E-state index in [0.29, 0.717) is 5.56 Å². The van der Waals surface area contributed by atoms with Gasteiger partial charge in [0.05, 0.1) is 39.7 Å². The molecule has 1 radical (unpaired) electrons. The summed E-state index contributed by atoms with van der Waals surface area (Å²) in [6.45, 7) is 12.4. The van der Waals surface area contributed by atoms with E-state index in [4.69, 9.17) is 20.1 Å². The molecule has 0 bridgehead atoms. The molecule has 0 unspecified atom stereocenters. The molecule has 8 heteroatoms. The molecule has 0 spiro atoms. The van der Waals surface area contributed by atoms with Gasteiger partial charge in [0.1, 0.15) is 5.75 Å². The van der Waals surface area contributed by atoms with Crippen molar-refractivity contribution in [3.63, 3.8) is 0 Å². The van der Waals surface area contributed by atoms with Crippen LogP contribution in [-0.4, -0.2) is 32.6 Å². The van der Waals surface area contributed by atoms with Gasteiger partial charge in [-0.05, 0) is 106 Å². The van der Waals surface area contributed by atoms with Gasteiger partial charge in [0.15, 0.2) is 0 Å². The van der Waals surface area contributed by atoms with Crippen molar-refractivity contribution in [2.45, 2.75) is 79.6 Å². The maximum Gasteiger partial charge on any atom is 0.335 e. The van der Waals surface area contributed by atoms with Gasteiger partial charge in [-0.3, -0.25) is 9.98 Å². The summed E-state index contributed by atoms with van der Waals surface area (Å²) < 4.78 is 0. The standard InChI is InChI=1S/C25H27N3.C13H16O4.Co/c1-16-10-7-11-17(2)24(16)26-20(5)22-14-9-15-23(28-22)21(6)27-25-18(3)12-8-13-19(25)4;14-10-7-6-9(8-4-2-1-3-5-8)11(12(10)15)13(16)17;/h7-15H,1-6H3;6-8,14-15H,1-5H2,(H,16,17);/p-1. The molecule has 46 heavy (non-hydrogen) atoms. The number of pyridine rings is 1. The summed E-state index contributed by atoms with van der Waals surface area (Å²) in [5.41, 5.74) is 10.6. The number of phenols is 1. The molecule has 7 nitrogen and oxygen atoms in total. The number of aromatic hydroxyl groups is 1. The van der Waals surface area contributed by atoms with Gasteiger partial charge in [-0.15, -0.1) is 0 Å². The Kier molecular flexibility index (Phi) is 12.9. The molecule has 1 heterocycles. The van der Waals surface area contributed by atoms with E-state index in [1.165, 1.54) is 34.7 Å². The SMILES string of the molecule is CC(=Nc1c(C)cccc1C)c1cccc(C(C)=Nc2c(C)cccc2C)n1.O=C(O)c1c(C2CCCCC2)ccc(O)c1[O-].[Co]. The maximum atomic E-state index is 11.6. The number of aliphatic imine (C=N–C) groups is 2. The van der Waals surface area contributed by atoms with Crippen LogP contribution in [0.15, 0.2) is 76.7 Å². The van der Waals surface area contributed by atoms with E-state index in [-0.39, 0.29) is 28.3 Å². The number of rotatable bonds is 6. The number of para-hydroxylation sites is 2. The third-order valence-corrected chi connectivity index (χ3v) is 8.36. The minimum Gasteiger partial charge on any atom is -0.869 e. The van der Waals surface area contributed by atoms with E-state index in [0.717, 1.165) is 59.9 Å². The summed E-state index contributed by atoms with van der Waals surface area (Å²) in [5.74, 6) is -2.35. The van der Waals surface area contributed by atoms with Gasteiger partial charge in [0.25, 0.3) is 0 Å². The zero-order valence-corrected chi connectivity index (χ0v) is 28.4. The molecule has 1 aromatic heterocycles. The van der Waals surface area contributed by atoms with E-state index < -0.39 is 17.5 Å². The minimum absolute atomic E-state index is 0. The van der Waals surface area contributed by atoms with Crippen molar-refractivity contribution < 1.29 is 36.9 Å². The van der Waals surface area contributed by atoms with Crippen LogP contribution in [0.2, 0.25) is 0 Å². The summed E-state index contributed by atoms with van der Waals surface area (Å²) >= 11 is 0. The van der Waals surface area contributed by atoms with Gasteiger partial charge < -0.3 is 15.3 Å². The molecule has 0 atom stereocenters. The average Bonchev–Trinajstić information content (AvgIpc) is 3.02. The number of hydrogen-bond donors (Lipinski definition) is 2. The number of carbonyl (C=O) groups is 1. The Morgan fingerprint density at radius 1 is 0.739 bits per heavy atom. The minimum atomic E-state index is -1.24. The molecule has 0 aliphatic heterocycles. The fraction of sp³-hybridized carbons (Fsp3) is 0.316. The summed E-state index contributed by atoms with van der Waals surface area (Å²) in [7, 11) is 0. The Bertz CT molecular complexity index is 1630. The number of carboxylic acids is 1. The van der Waals surface area contributed by atoms with Crippen LogP contribution in [0, 0.1) is 27.7 Å². The molecule has 0 saturated heterocycles. The first kappa shape index (κ1) is 36.2. The molecule has 5 rings (SSSR count). The van der Waals surface area contributed by atoms with Gasteiger partial charge in [0.2, 0.25) is 0 Å². The van der Waals surface area contributed by atoms with Crippen LogP contribution in [0.1, 0.15) is 101 Å². The Morgan fingerprint density at radius 3 is 1.61 bits per heavy atom. The molecule has 0 amide bonds. The average molecular weight is 664 g/mol. The fourth-order valence-corrected chi connectivity index (χ4v) is 5.81. The van der Waals surface area contributed by atoms with Crippen molar-refractivity contribution in [1.29, 1.82) is 0 Å². The predicted molar refractivity (Wildman–Crippen MR) is 180 cm³/mol. The summed E-state index contributed by atoms with van der Waals surface area (Å²) in [6.07, 6.45) is 5.15. The van der Waals surface area contributed by atoms with Crippen LogP contribution < -0.4 is 5.11 Å². The van der Waals surface area contributed by atoms with E-state index in [1.54, 1.807) is 6.07 Å². The second-order valence-electron chi connectivity index (χ2n) is 11.8. The zero-order valence-electron chi connectivity index (χ0n) is 27.3.